The van der Waals surface area contributed by atoms with Gasteiger partial charge < -0.3 is 5.11 Å². The van der Waals surface area contributed by atoms with Gasteiger partial charge in [0, 0.05) is 5.33 Å². The Balaban J connectivity index is 3.42. The standard InChI is InChI=1S/C19H37BrO2/c1-2-3-4-5-6-7-8-9-10-12-15-18(19(21)22)16-13-11-14-17-20/h18H,2-17H2,1H3,(H,21,22). The molecule has 0 aromatic rings. The fourth-order valence-corrected chi connectivity index (χ4v) is 3.33. The van der Waals surface area contributed by atoms with Gasteiger partial charge in [-0.3, -0.25) is 4.79 Å². The summed E-state index contributed by atoms with van der Waals surface area (Å²) >= 11 is 3.42. The molecular weight excluding hydrogens is 340 g/mol. The van der Waals surface area contributed by atoms with Crippen LogP contribution in [0.25, 0.3) is 0 Å². The van der Waals surface area contributed by atoms with Crippen LogP contribution in [0.4, 0.5) is 0 Å². The number of alkyl halides is 1. The van der Waals surface area contributed by atoms with Gasteiger partial charge >= 0.3 is 5.97 Å². The first-order chi connectivity index (χ1) is 10.7. The molecule has 0 spiro atoms. The van der Waals surface area contributed by atoms with E-state index < -0.39 is 5.97 Å². The molecule has 1 N–H and O–H groups in total. The van der Waals surface area contributed by atoms with Crippen molar-refractivity contribution >= 4 is 21.9 Å². The number of carbonyl (C=O) groups is 1. The first-order valence-corrected chi connectivity index (χ1v) is 10.6. The highest BCUT2D eigenvalue weighted by molar-refractivity contribution is 9.09. The lowest BCUT2D eigenvalue weighted by Gasteiger charge is -2.11. The van der Waals surface area contributed by atoms with Crippen LogP contribution in [0, 0.1) is 5.92 Å². The summed E-state index contributed by atoms with van der Waals surface area (Å²) in [5.74, 6) is -0.695. The summed E-state index contributed by atoms with van der Waals surface area (Å²) in [5, 5.41) is 10.3. The number of carboxylic acids is 1. The number of hydrogen-bond donors (Lipinski definition) is 1. The van der Waals surface area contributed by atoms with Gasteiger partial charge in [-0.1, -0.05) is 99.9 Å². The van der Waals surface area contributed by atoms with E-state index in [1.165, 1.54) is 57.8 Å². The number of aliphatic carboxylic acids is 1. The van der Waals surface area contributed by atoms with E-state index in [0.717, 1.165) is 43.9 Å². The van der Waals surface area contributed by atoms with Crippen molar-refractivity contribution in [1.29, 1.82) is 0 Å². The summed E-state index contributed by atoms with van der Waals surface area (Å²) in [7, 11) is 0. The molecule has 0 radical (unpaired) electrons. The lowest BCUT2D eigenvalue weighted by atomic mass is 9.94. The van der Waals surface area contributed by atoms with Crippen LogP contribution in [0.15, 0.2) is 0 Å². The molecule has 0 aromatic carbocycles. The van der Waals surface area contributed by atoms with Crippen molar-refractivity contribution in [3.63, 3.8) is 0 Å². The predicted molar refractivity (Wildman–Crippen MR) is 99.8 cm³/mol. The van der Waals surface area contributed by atoms with E-state index in [4.69, 9.17) is 0 Å². The van der Waals surface area contributed by atoms with Crippen molar-refractivity contribution in [3.8, 4) is 0 Å². The van der Waals surface area contributed by atoms with Gasteiger partial charge in [0.1, 0.15) is 0 Å². The average molecular weight is 377 g/mol. The van der Waals surface area contributed by atoms with E-state index in [1.54, 1.807) is 0 Å². The first kappa shape index (κ1) is 21.9. The van der Waals surface area contributed by atoms with Crippen molar-refractivity contribution in [1.82, 2.24) is 0 Å². The minimum Gasteiger partial charge on any atom is -0.481 e. The molecular formula is C19H37BrO2. The van der Waals surface area contributed by atoms with Gasteiger partial charge in [0.15, 0.2) is 0 Å². The molecule has 0 rings (SSSR count). The van der Waals surface area contributed by atoms with Crippen LogP contribution in [-0.4, -0.2) is 16.4 Å². The second kappa shape index (κ2) is 17.3. The van der Waals surface area contributed by atoms with Crippen LogP contribution < -0.4 is 0 Å². The van der Waals surface area contributed by atoms with Crippen LogP contribution in [-0.2, 0) is 4.79 Å². The zero-order valence-electron chi connectivity index (χ0n) is 14.6. The Bertz CT molecular complexity index is 244. The van der Waals surface area contributed by atoms with Crippen molar-refractivity contribution in [2.24, 2.45) is 5.92 Å². The molecule has 1 unspecified atom stereocenters. The van der Waals surface area contributed by atoms with E-state index in [2.05, 4.69) is 22.9 Å². The summed E-state index contributed by atoms with van der Waals surface area (Å²) in [6.07, 6.45) is 18.2. The quantitative estimate of drug-likeness (QED) is 0.220. The van der Waals surface area contributed by atoms with Crippen LogP contribution >= 0.6 is 15.9 Å². The highest BCUT2D eigenvalue weighted by atomic mass is 79.9. The fraction of sp³-hybridized carbons (Fsp3) is 0.947. The molecule has 0 saturated carbocycles. The van der Waals surface area contributed by atoms with Crippen molar-refractivity contribution < 1.29 is 9.90 Å². The van der Waals surface area contributed by atoms with Gasteiger partial charge in [0.2, 0.25) is 0 Å². The highest BCUT2D eigenvalue weighted by Gasteiger charge is 2.16. The van der Waals surface area contributed by atoms with Crippen molar-refractivity contribution in [2.75, 3.05) is 5.33 Å². The third-order valence-electron chi connectivity index (χ3n) is 4.44. The van der Waals surface area contributed by atoms with E-state index in [9.17, 15) is 9.90 Å². The van der Waals surface area contributed by atoms with Crippen LogP contribution in [0.5, 0.6) is 0 Å². The molecule has 132 valence electrons. The molecule has 0 aromatic heterocycles. The Hall–Kier alpha value is -0.0500. The lowest BCUT2D eigenvalue weighted by molar-refractivity contribution is -0.142. The fourth-order valence-electron chi connectivity index (χ4n) is 2.93. The summed E-state index contributed by atoms with van der Waals surface area (Å²) in [4.78, 5) is 11.2. The highest BCUT2D eigenvalue weighted by Crippen LogP contribution is 2.19. The zero-order chi connectivity index (χ0) is 16.5. The Morgan fingerprint density at radius 3 is 1.59 bits per heavy atom. The first-order valence-electron chi connectivity index (χ1n) is 9.51. The second-order valence-electron chi connectivity index (χ2n) is 6.54. The van der Waals surface area contributed by atoms with Crippen molar-refractivity contribution in [3.05, 3.63) is 0 Å². The zero-order valence-corrected chi connectivity index (χ0v) is 16.2. The largest absolute Gasteiger partial charge is 0.481 e. The van der Waals surface area contributed by atoms with Gasteiger partial charge in [-0.05, 0) is 19.3 Å². The van der Waals surface area contributed by atoms with Gasteiger partial charge in [-0.25, -0.2) is 0 Å². The summed E-state index contributed by atoms with van der Waals surface area (Å²) in [5.41, 5.74) is 0. The lowest BCUT2D eigenvalue weighted by Crippen LogP contribution is -2.13. The van der Waals surface area contributed by atoms with Crippen molar-refractivity contribution in [2.45, 2.75) is 103 Å². The molecule has 1 atom stereocenters. The summed E-state index contributed by atoms with van der Waals surface area (Å²) in [6, 6.07) is 0. The third kappa shape index (κ3) is 14.9. The van der Waals surface area contributed by atoms with Gasteiger partial charge in [0.25, 0.3) is 0 Å². The second-order valence-corrected chi connectivity index (χ2v) is 7.34. The topological polar surface area (TPSA) is 37.3 Å². The van der Waals surface area contributed by atoms with Gasteiger partial charge in [-0.2, -0.15) is 0 Å². The maximum Gasteiger partial charge on any atom is 0.306 e. The minimum atomic E-state index is -0.588. The molecule has 22 heavy (non-hydrogen) atoms. The number of rotatable bonds is 17. The number of unbranched alkanes of at least 4 members (excludes halogenated alkanes) is 11. The normalized spacial score (nSPS) is 12.5. The van der Waals surface area contributed by atoms with E-state index >= 15 is 0 Å². The van der Waals surface area contributed by atoms with Crippen LogP contribution in [0.2, 0.25) is 0 Å². The SMILES string of the molecule is CCCCCCCCCCCCC(CCCCCBr)C(=O)O. The molecule has 3 heteroatoms. The molecule has 0 fully saturated rings. The van der Waals surface area contributed by atoms with Gasteiger partial charge in [0.05, 0.1) is 5.92 Å². The molecule has 0 bridgehead atoms. The average Bonchev–Trinajstić information content (AvgIpc) is 2.50. The number of carboxylic acid groups (broad SMARTS) is 1. The molecule has 0 aliphatic carbocycles. The Morgan fingerprint density at radius 2 is 1.18 bits per heavy atom. The number of hydrogen-bond acceptors (Lipinski definition) is 1. The Kier molecular flexibility index (Phi) is 17.3. The summed E-state index contributed by atoms with van der Waals surface area (Å²) in [6.45, 7) is 2.26. The summed E-state index contributed by atoms with van der Waals surface area (Å²) < 4.78 is 0. The third-order valence-corrected chi connectivity index (χ3v) is 5.00. The van der Waals surface area contributed by atoms with E-state index in [0.29, 0.717) is 0 Å². The monoisotopic (exact) mass is 376 g/mol. The Labute approximate surface area is 146 Å². The number of halogens is 1. The van der Waals surface area contributed by atoms with E-state index in [1.807, 2.05) is 0 Å². The minimum absolute atomic E-state index is 0.107. The maximum atomic E-state index is 11.2. The molecule has 0 aliphatic rings. The maximum absolute atomic E-state index is 11.2. The Morgan fingerprint density at radius 1 is 0.773 bits per heavy atom. The molecule has 0 heterocycles. The van der Waals surface area contributed by atoms with Gasteiger partial charge in [-0.15, -0.1) is 0 Å². The molecule has 0 amide bonds. The van der Waals surface area contributed by atoms with E-state index in [-0.39, 0.29) is 5.92 Å². The predicted octanol–water partition coefficient (Wildman–Crippen LogP) is 6.95. The molecule has 0 aliphatic heterocycles. The smallest absolute Gasteiger partial charge is 0.306 e. The molecule has 0 saturated heterocycles. The van der Waals surface area contributed by atoms with Crippen LogP contribution in [0.3, 0.4) is 0 Å². The molecule has 2 nitrogen and oxygen atoms in total. The van der Waals surface area contributed by atoms with Crippen LogP contribution in [0.1, 0.15) is 103 Å².